The molecule has 1 amide bonds. The highest BCUT2D eigenvalue weighted by molar-refractivity contribution is 5.97. The van der Waals surface area contributed by atoms with Crippen LogP contribution in [0.1, 0.15) is 23.2 Å². The van der Waals surface area contributed by atoms with Gasteiger partial charge in [0.2, 0.25) is 0 Å². The summed E-state index contributed by atoms with van der Waals surface area (Å²) in [5, 5.41) is 9.11. The van der Waals surface area contributed by atoms with Gasteiger partial charge in [-0.05, 0) is 25.0 Å². The van der Waals surface area contributed by atoms with Gasteiger partial charge in [-0.25, -0.2) is 9.78 Å². The number of carbonyl (C=O) groups is 2. The van der Waals surface area contributed by atoms with Crippen molar-refractivity contribution >= 4 is 17.5 Å². The molecule has 1 aliphatic rings. The molecule has 1 saturated heterocycles. The smallest absolute Gasteiger partial charge is 0.326 e. The first kappa shape index (κ1) is 11.7. The number of hydrogen-bond donors (Lipinski definition) is 1. The van der Waals surface area contributed by atoms with E-state index < -0.39 is 12.0 Å². The Hall–Kier alpha value is -2.37. The molecule has 19 heavy (non-hydrogen) atoms. The number of pyridine rings is 1. The molecule has 6 nitrogen and oxygen atoms in total. The SMILES string of the molecule is O=C(O)[C@H]1CCCN1C(=O)c1ccc2nccn2c1. The molecule has 0 saturated carbocycles. The number of imidazole rings is 1. The second-order valence-corrected chi connectivity index (χ2v) is 4.61. The summed E-state index contributed by atoms with van der Waals surface area (Å²) in [7, 11) is 0. The molecule has 3 rings (SSSR count). The number of amides is 1. The third kappa shape index (κ3) is 1.95. The minimum absolute atomic E-state index is 0.236. The van der Waals surface area contributed by atoms with Gasteiger partial charge in [0.05, 0.1) is 5.56 Å². The van der Waals surface area contributed by atoms with Crippen molar-refractivity contribution in [3.05, 3.63) is 36.3 Å². The van der Waals surface area contributed by atoms with Crippen LogP contribution in [0.5, 0.6) is 0 Å². The van der Waals surface area contributed by atoms with E-state index in [2.05, 4.69) is 4.98 Å². The Morgan fingerprint density at radius 3 is 3.00 bits per heavy atom. The predicted octanol–water partition coefficient (Wildman–Crippen LogP) is 1.02. The number of carbonyl (C=O) groups excluding carboxylic acids is 1. The highest BCUT2D eigenvalue weighted by atomic mass is 16.4. The molecule has 98 valence electrons. The van der Waals surface area contributed by atoms with E-state index in [4.69, 9.17) is 5.11 Å². The van der Waals surface area contributed by atoms with Crippen molar-refractivity contribution < 1.29 is 14.7 Å². The summed E-state index contributed by atoms with van der Waals surface area (Å²) in [6.07, 6.45) is 6.34. The number of likely N-dealkylation sites (tertiary alicyclic amines) is 1. The Labute approximate surface area is 109 Å². The lowest BCUT2D eigenvalue weighted by molar-refractivity contribution is -0.141. The molecule has 3 heterocycles. The molecule has 0 radical (unpaired) electrons. The van der Waals surface area contributed by atoms with E-state index in [0.29, 0.717) is 18.5 Å². The molecule has 2 aromatic rings. The van der Waals surface area contributed by atoms with E-state index in [1.54, 1.807) is 35.1 Å². The van der Waals surface area contributed by atoms with Crippen LogP contribution in [0.15, 0.2) is 30.7 Å². The average molecular weight is 259 g/mol. The quantitative estimate of drug-likeness (QED) is 0.873. The van der Waals surface area contributed by atoms with Gasteiger partial charge in [-0.15, -0.1) is 0 Å². The molecular formula is C13H13N3O3. The molecule has 1 aliphatic heterocycles. The van der Waals surface area contributed by atoms with Gasteiger partial charge in [-0.2, -0.15) is 0 Å². The van der Waals surface area contributed by atoms with Crippen LogP contribution < -0.4 is 0 Å². The van der Waals surface area contributed by atoms with E-state index in [0.717, 1.165) is 12.1 Å². The largest absolute Gasteiger partial charge is 0.480 e. The molecule has 0 aromatic carbocycles. The lowest BCUT2D eigenvalue weighted by atomic mass is 10.2. The van der Waals surface area contributed by atoms with Gasteiger partial charge >= 0.3 is 5.97 Å². The molecular weight excluding hydrogens is 246 g/mol. The predicted molar refractivity (Wildman–Crippen MR) is 66.9 cm³/mol. The van der Waals surface area contributed by atoms with E-state index in [1.165, 1.54) is 4.90 Å². The number of carboxylic acids is 1. The fraction of sp³-hybridized carbons (Fsp3) is 0.308. The summed E-state index contributed by atoms with van der Waals surface area (Å²) in [4.78, 5) is 29.0. The number of carboxylic acid groups (broad SMARTS) is 1. The topological polar surface area (TPSA) is 74.9 Å². The molecule has 0 spiro atoms. The molecule has 0 aliphatic carbocycles. The number of aromatic nitrogens is 2. The molecule has 1 fully saturated rings. The van der Waals surface area contributed by atoms with Gasteiger partial charge in [0, 0.05) is 25.1 Å². The van der Waals surface area contributed by atoms with Crippen molar-refractivity contribution in [2.24, 2.45) is 0 Å². The molecule has 1 atom stereocenters. The van der Waals surface area contributed by atoms with Crippen LogP contribution >= 0.6 is 0 Å². The Morgan fingerprint density at radius 2 is 2.21 bits per heavy atom. The van der Waals surface area contributed by atoms with Crippen molar-refractivity contribution in [1.82, 2.24) is 14.3 Å². The molecule has 1 N–H and O–H groups in total. The fourth-order valence-corrected chi connectivity index (χ4v) is 2.48. The Morgan fingerprint density at radius 1 is 1.37 bits per heavy atom. The van der Waals surface area contributed by atoms with Crippen molar-refractivity contribution in [3.63, 3.8) is 0 Å². The summed E-state index contributed by atoms with van der Waals surface area (Å²) >= 11 is 0. The summed E-state index contributed by atoms with van der Waals surface area (Å²) in [6, 6.07) is 2.73. The zero-order chi connectivity index (χ0) is 13.4. The summed E-state index contributed by atoms with van der Waals surface area (Å²) in [5.74, 6) is -1.17. The average Bonchev–Trinajstić information content (AvgIpc) is 3.05. The Balaban J connectivity index is 1.92. The van der Waals surface area contributed by atoms with Crippen molar-refractivity contribution in [1.29, 1.82) is 0 Å². The van der Waals surface area contributed by atoms with Crippen LogP contribution in [0.3, 0.4) is 0 Å². The number of fused-ring (bicyclic) bond motifs is 1. The van der Waals surface area contributed by atoms with Crippen LogP contribution in [0.4, 0.5) is 0 Å². The highest BCUT2D eigenvalue weighted by Gasteiger charge is 2.34. The Kier molecular flexibility index (Phi) is 2.70. The maximum absolute atomic E-state index is 12.4. The molecule has 6 heteroatoms. The standard InChI is InChI=1S/C13H13N3O3/c17-12(16-6-1-2-10(16)13(18)19)9-3-4-11-14-5-7-15(11)8-9/h3-5,7-8,10H,1-2,6H2,(H,18,19)/t10-/m1/s1. The van der Waals surface area contributed by atoms with Crippen LogP contribution in [-0.4, -0.2) is 43.9 Å². The summed E-state index contributed by atoms with van der Waals surface area (Å²) in [5.41, 5.74) is 1.24. The van der Waals surface area contributed by atoms with Crippen LogP contribution in [-0.2, 0) is 4.79 Å². The summed E-state index contributed by atoms with van der Waals surface area (Å²) < 4.78 is 1.75. The number of hydrogen-bond acceptors (Lipinski definition) is 3. The van der Waals surface area contributed by atoms with Gasteiger partial charge in [-0.1, -0.05) is 0 Å². The number of aliphatic carboxylic acids is 1. The van der Waals surface area contributed by atoms with Gasteiger partial charge < -0.3 is 14.4 Å². The zero-order valence-electron chi connectivity index (χ0n) is 10.2. The fourth-order valence-electron chi connectivity index (χ4n) is 2.48. The van der Waals surface area contributed by atoms with Crippen LogP contribution in [0, 0.1) is 0 Å². The molecule has 0 bridgehead atoms. The van der Waals surface area contributed by atoms with Gasteiger partial charge in [0.15, 0.2) is 0 Å². The minimum atomic E-state index is -0.936. The van der Waals surface area contributed by atoms with Crippen molar-refractivity contribution in [3.8, 4) is 0 Å². The van der Waals surface area contributed by atoms with Gasteiger partial charge in [0.1, 0.15) is 11.7 Å². The first-order valence-corrected chi connectivity index (χ1v) is 6.13. The Bertz CT molecular complexity index is 649. The number of rotatable bonds is 2. The summed E-state index contributed by atoms with van der Waals surface area (Å²) in [6.45, 7) is 0.498. The third-order valence-electron chi connectivity index (χ3n) is 3.43. The van der Waals surface area contributed by atoms with Crippen LogP contribution in [0.2, 0.25) is 0 Å². The second kappa shape index (κ2) is 4.38. The lowest BCUT2D eigenvalue weighted by Crippen LogP contribution is -2.40. The second-order valence-electron chi connectivity index (χ2n) is 4.61. The van der Waals surface area contributed by atoms with Gasteiger partial charge in [-0.3, -0.25) is 4.79 Å². The van der Waals surface area contributed by atoms with E-state index >= 15 is 0 Å². The maximum atomic E-state index is 12.4. The minimum Gasteiger partial charge on any atom is -0.480 e. The van der Waals surface area contributed by atoms with Gasteiger partial charge in [0.25, 0.3) is 5.91 Å². The monoisotopic (exact) mass is 259 g/mol. The zero-order valence-corrected chi connectivity index (χ0v) is 10.2. The van der Waals surface area contributed by atoms with E-state index in [-0.39, 0.29) is 5.91 Å². The lowest BCUT2D eigenvalue weighted by Gasteiger charge is -2.21. The van der Waals surface area contributed by atoms with Crippen LogP contribution in [0.25, 0.3) is 5.65 Å². The normalized spacial score (nSPS) is 18.9. The molecule has 0 unspecified atom stereocenters. The van der Waals surface area contributed by atoms with Crippen molar-refractivity contribution in [2.45, 2.75) is 18.9 Å². The first-order valence-electron chi connectivity index (χ1n) is 6.13. The number of nitrogens with zero attached hydrogens (tertiary/aromatic N) is 3. The van der Waals surface area contributed by atoms with Crippen molar-refractivity contribution in [2.75, 3.05) is 6.54 Å². The maximum Gasteiger partial charge on any atom is 0.326 e. The van der Waals surface area contributed by atoms with E-state index in [9.17, 15) is 9.59 Å². The highest BCUT2D eigenvalue weighted by Crippen LogP contribution is 2.20. The third-order valence-corrected chi connectivity index (χ3v) is 3.43. The molecule has 2 aromatic heterocycles. The van der Waals surface area contributed by atoms with E-state index in [1.807, 2.05) is 0 Å². The first-order chi connectivity index (χ1) is 9.16.